The van der Waals surface area contributed by atoms with E-state index in [2.05, 4.69) is 25.7 Å². The molecule has 0 saturated carbocycles. The normalized spacial score (nSPS) is 12.9. The second-order valence-electron chi connectivity index (χ2n) is 5.57. The highest BCUT2D eigenvalue weighted by Gasteiger charge is 2.21. The summed E-state index contributed by atoms with van der Waals surface area (Å²) in [4.78, 5) is 12.9. The Morgan fingerprint density at radius 2 is 1.95 bits per heavy atom. The maximum Gasteiger partial charge on any atom is 0.303 e. The van der Waals surface area contributed by atoms with Crippen LogP contribution in [0.2, 0.25) is 0 Å². The van der Waals surface area contributed by atoms with E-state index in [1.807, 2.05) is 19.1 Å². The molecule has 0 amide bonds. The van der Waals surface area contributed by atoms with Crippen LogP contribution in [0.1, 0.15) is 50.8 Å². The third-order valence-corrected chi connectivity index (χ3v) is 3.60. The first-order valence-electron chi connectivity index (χ1n) is 7.10. The molecule has 0 fully saturated rings. The van der Waals surface area contributed by atoms with E-state index in [0.29, 0.717) is 24.8 Å². The molecule has 1 aromatic carbocycles. The SMILES string of the molecule is Cc1ccc(O)c(C(C)N(CCCC(=O)O)C(C)C)c1. The van der Waals surface area contributed by atoms with Crippen LogP contribution in [0.3, 0.4) is 0 Å². The number of phenols is 1. The van der Waals surface area contributed by atoms with Gasteiger partial charge in [-0.3, -0.25) is 9.69 Å². The number of carboxylic acid groups (broad SMARTS) is 1. The van der Waals surface area contributed by atoms with E-state index in [-0.39, 0.29) is 12.5 Å². The Labute approximate surface area is 121 Å². The van der Waals surface area contributed by atoms with Crippen LogP contribution in [0.5, 0.6) is 5.75 Å². The van der Waals surface area contributed by atoms with Crippen molar-refractivity contribution < 1.29 is 15.0 Å². The average molecular weight is 279 g/mol. The van der Waals surface area contributed by atoms with Crippen molar-refractivity contribution in [2.75, 3.05) is 6.54 Å². The van der Waals surface area contributed by atoms with Gasteiger partial charge in [-0.2, -0.15) is 0 Å². The number of carboxylic acids is 1. The zero-order valence-electron chi connectivity index (χ0n) is 12.8. The summed E-state index contributed by atoms with van der Waals surface area (Å²) in [5, 5.41) is 18.8. The highest BCUT2D eigenvalue weighted by molar-refractivity contribution is 5.66. The van der Waals surface area contributed by atoms with Crippen molar-refractivity contribution in [2.24, 2.45) is 0 Å². The maximum absolute atomic E-state index is 10.6. The van der Waals surface area contributed by atoms with Gasteiger partial charge in [0.05, 0.1) is 0 Å². The van der Waals surface area contributed by atoms with Gasteiger partial charge in [-0.15, -0.1) is 0 Å². The quantitative estimate of drug-likeness (QED) is 0.803. The molecule has 4 heteroatoms. The molecule has 112 valence electrons. The molecular weight excluding hydrogens is 254 g/mol. The van der Waals surface area contributed by atoms with Gasteiger partial charge in [-0.05, 0) is 46.7 Å². The Balaban J connectivity index is 2.85. The summed E-state index contributed by atoms with van der Waals surface area (Å²) in [5.74, 6) is -0.466. The monoisotopic (exact) mass is 279 g/mol. The molecule has 0 aliphatic carbocycles. The smallest absolute Gasteiger partial charge is 0.303 e. The molecule has 0 aromatic heterocycles. The van der Waals surface area contributed by atoms with E-state index in [0.717, 1.165) is 11.1 Å². The summed E-state index contributed by atoms with van der Waals surface area (Å²) in [7, 11) is 0. The van der Waals surface area contributed by atoms with Gasteiger partial charge in [0, 0.05) is 24.1 Å². The number of aliphatic carboxylic acids is 1. The minimum atomic E-state index is -0.764. The fraction of sp³-hybridized carbons (Fsp3) is 0.562. The van der Waals surface area contributed by atoms with Gasteiger partial charge in [0.25, 0.3) is 0 Å². The van der Waals surface area contributed by atoms with Crippen molar-refractivity contribution in [1.82, 2.24) is 4.90 Å². The predicted octanol–water partition coefficient (Wildman–Crippen LogP) is 3.34. The third kappa shape index (κ3) is 4.53. The van der Waals surface area contributed by atoms with Crippen LogP contribution >= 0.6 is 0 Å². The summed E-state index contributed by atoms with van der Waals surface area (Å²) in [6.07, 6.45) is 0.792. The molecule has 2 N–H and O–H groups in total. The highest BCUT2D eigenvalue weighted by atomic mass is 16.4. The van der Waals surface area contributed by atoms with Crippen LogP contribution in [-0.2, 0) is 4.79 Å². The van der Waals surface area contributed by atoms with E-state index in [1.54, 1.807) is 6.07 Å². The van der Waals surface area contributed by atoms with Crippen molar-refractivity contribution in [3.05, 3.63) is 29.3 Å². The second-order valence-corrected chi connectivity index (χ2v) is 5.57. The largest absolute Gasteiger partial charge is 0.508 e. The average Bonchev–Trinajstić information content (AvgIpc) is 2.36. The Hall–Kier alpha value is -1.55. The Kier molecular flexibility index (Phi) is 6.02. The second kappa shape index (κ2) is 7.29. The molecule has 4 nitrogen and oxygen atoms in total. The zero-order valence-corrected chi connectivity index (χ0v) is 12.8. The van der Waals surface area contributed by atoms with Crippen LogP contribution in [0, 0.1) is 6.92 Å². The Bertz CT molecular complexity index is 457. The number of hydrogen-bond acceptors (Lipinski definition) is 3. The van der Waals surface area contributed by atoms with E-state index in [1.165, 1.54) is 0 Å². The molecule has 0 bridgehead atoms. The minimum absolute atomic E-state index is 0.0590. The fourth-order valence-corrected chi connectivity index (χ4v) is 2.50. The molecule has 0 aliphatic heterocycles. The maximum atomic E-state index is 10.6. The van der Waals surface area contributed by atoms with Crippen LogP contribution < -0.4 is 0 Å². The summed E-state index contributed by atoms with van der Waals surface area (Å²) >= 11 is 0. The van der Waals surface area contributed by atoms with Gasteiger partial charge in [0.1, 0.15) is 5.75 Å². The molecule has 0 heterocycles. The van der Waals surface area contributed by atoms with E-state index >= 15 is 0 Å². The highest BCUT2D eigenvalue weighted by Crippen LogP contribution is 2.30. The lowest BCUT2D eigenvalue weighted by Gasteiger charge is -2.33. The number of hydrogen-bond donors (Lipinski definition) is 2. The first-order chi connectivity index (χ1) is 9.32. The van der Waals surface area contributed by atoms with Crippen molar-refractivity contribution >= 4 is 5.97 Å². The lowest BCUT2D eigenvalue weighted by molar-refractivity contribution is -0.137. The number of rotatable bonds is 7. The zero-order chi connectivity index (χ0) is 15.3. The lowest BCUT2D eigenvalue weighted by atomic mass is 10.0. The number of aromatic hydroxyl groups is 1. The van der Waals surface area contributed by atoms with Gasteiger partial charge < -0.3 is 10.2 Å². The van der Waals surface area contributed by atoms with Crippen molar-refractivity contribution in [1.29, 1.82) is 0 Å². The lowest BCUT2D eigenvalue weighted by Crippen LogP contribution is -2.34. The van der Waals surface area contributed by atoms with Gasteiger partial charge in [-0.1, -0.05) is 17.7 Å². The molecule has 0 radical (unpaired) electrons. The van der Waals surface area contributed by atoms with E-state index in [4.69, 9.17) is 5.11 Å². The van der Waals surface area contributed by atoms with Crippen molar-refractivity contribution in [2.45, 2.75) is 52.6 Å². The van der Waals surface area contributed by atoms with Crippen LogP contribution in [0.15, 0.2) is 18.2 Å². The predicted molar refractivity (Wildman–Crippen MR) is 80.0 cm³/mol. The number of aryl methyl sites for hydroxylation is 1. The van der Waals surface area contributed by atoms with Crippen LogP contribution in [-0.4, -0.2) is 33.7 Å². The molecule has 1 atom stereocenters. The Morgan fingerprint density at radius 3 is 2.50 bits per heavy atom. The van der Waals surface area contributed by atoms with Gasteiger partial charge in [0.2, 0.25) is 0 Å². The van der Waals surface area contributed by atoms with Crippen molar-refractivity contribution in [3.63, 3.8) is 0 Å². The van der Waals surface area contributed by atoms with Crippen LogP contribution in [0.4, 0.5) is 0 Å². The summed E-state index contributed by atoms with van der Waals surface area (Å²) < 4.78 is 0. The summed E-state index contributed by atoms with van der Waals surface area (Å²) in [6.45, 7) is 8.93. The van der Waals surface area contributed by atoms with Gasteiger partial charge in [0.15, 0.2) is 0 Å². The fourth-order valence-electron chi connectivity index (χ4n) is 2.50. The molecule has 0 aliphatic rings. The van der Waals surface area contributed by atoms with Gasteiger partial charge in [-0.25, -0.2) is 0 Å². The first kappa shape index (κ1) is 16.5. The molecule has 1 rings (SSSR count). The topological polar surface area (TPSA) is 60.8 Å². The minimum Gasteiger partial charge on any atom is -0.508 e. The molecule has 1 unspecified atom stereocenters. The number of carbonyl (C=O) groups is 1. The molecule has 0 saturated heterocycles. The standard InChI is InChI=1S/C16H25NO3/c1-11(2)17(9-5-6-16(19)20)13(4)14-10-12(3)7-8-15(14)18/h7-8,10-11,13,18H,5-6,9H2,1-4H3,(H,19,20). The first-order valence-corrected chi connectivity index (χ1v) is 7.10. The van der Waals surface area contributed by atoms with E-state index < -0.39 is 5.97 Å². The number of benzene rings is 1. The molecule has 1 aromatic rings. The van der Waals surface area contributed by atoms with Crippen LogP contribution in [0.25, 0.3) is 0 Å². The molecule has 0 spiro atoms. The van der Waals surface area contributed by atoms with Crippen molar-refractivity contribution in [3.8, 4) is 5.75 Å². The third-order valence-electron chi connectivity index (χ3n) is 3.60. The Morgan fingerprint density at radius 1 is 1.30 bits per heavy atom. The summed E-state index contributed by atoms with van der Waals surface area (Å²) in [5.41, 5.74) is 2.01. The number of nitrogens with zero attached hydrogens (tertiary/aromatic N) is 1. The summed E-state index contributed by atoms with van der Waals surface area (Å²) in [6, 6.07) is 5.95. The van der Waals surface area contributed by atoms with E-state index in [9.17, 15) is 9.90 Å². The van der Waals surface area contributed by atoms with Gasteiger partial charge >= 0.3 is 5.97 Å². The molecule has 20 heavy (non-hydrogen) atoms. The number of phenolic OH excluding ortho intramolecular Hbond substituents is 1. The molecular formula is C16H25NO3.